The molecule has 0 unspecified atom stereocenters. The van der Waals surface area contributed by atoms with Crippen molar-refractivity contribution in [3.63, 3.8) is 0 Å². The molecule has 0 amide bonds. The van der Waals surface area contributed by atoms with E-state index in [0.29, 0.717) is 10.1 Å². The van der Waals surface area contributed by atoms with Crippen molar-refractivity contribution in [1.29, 1.82) is 0 Å². The Balaban J connectivity index is 2.20. The average Bonchev–Trinajstić information content (AvgIpc) is 2.70. The summed E-state index contributed by atoms with van der Waals surface area (Å²) >= 11 is 6.29. The van der Waals surface area contributed by atoms with Crippen LogP contribution in [0.15, 0.2) is 42.6 Å². The van der Waals surface area contributed by atoms with Crippen LogP contribution in [0.1, 0.15) is 31.2 Å². The largest absolute Gasteiger partial charge is 0.493 e. The zero-order valence-corrected chi connectivity index (χ0v) is 18.8. The highest BCUT2D eigenvalue weighted by atomic mass is 35.5. The van der Waals surface area contributed by atoms with E-state index in [2.05, 4.69) is 15.0 Å². The number of pyridine rings is 1. The van der Waals surface area contributed by atoms with Crippen LogP contribution in [0, 0.1) is 6.92 Å². The monoisotopic (exact) mass is 464 g/mol. The first kappa shape index (κ1) is 22.7. The van der Waals surface area contributed by atoms with E-state index in [-0.39, 0.29) is 40.0 Å². The lowest BCUT2D eigenvalue weighted by atomic mass is 10.1. The number of anilines is 2. The van der Waals surface area contributed by atoms with E-state index in [1.165, 1.54) is 26.3 Å². The van der Waals surface area contributed by atoms with Gasteiger partial charge in [-0.3, -0.25) is 4.55 Å². The molecule has 0 bridgehead atoms. The smallest absolute Gasteiger partial charge is 0.367 e. The highest BCUT2D eigenvalue weighted by Gasteiger charge is 2.31. The topological polar surface area (TPSA) is 115 Å². The molecule has 0 aliphatic carbocycles. The number of nitrogens with zero attached hydrogens (tertiary/aromatic N) is 4. The lowest BCUT2D eigenvalue weighted by Gasteiger charge is -2.22. The van der Waals surface area contributed by atoms with E-state index in [0.717, 1.165) is 5.56 Å². The summed E-state index contributed by atoms with van der Waals surface area (Å²) in [6.45, 7) is 5.48. The Morgan fingerprint density at radius 2 is 1.77 bits per heavy atom. The minimum absolute atomic E-state index is 0.0917. The van der Waals surface area contributed by atoms with Crippen LogP contribution in [0.3, 0.4) is 0 Å². The molecule has 0 radical (unpaired) electrons. The van der Waals surface area contributed by atoms with Crippen molar-refractivity contribution in [3.8, 4) is 17.2 Å². The van der Waals surface area contributed by atoms with Gasteiger partial charge in [-0.2, -0.15) is 12.7 Å². The van der Waals surface area contributed by atoms with Crippen molar-refractivity contribution in [2.45, 2.75) is 26.7 Å². The van der Waals surface area contributed by atoms with E-state index >= 15 is 0 Å². The van der Waals surface area contributed by atoms with Crippen molar-refractivity contribution < 1.29 is 22.4 Å². The maximum absolute atomic E-state index is 12.4. The predicted octanol–water partition coefficient (Wildman–Crippen LogP) is 4.70. The Morgan fingerprint density at radius 3 is 2.32 bits per heavy atom. The Kier molecular flexibility index (Phi) is 6.63. The van der Waals surface area contributed by atoms with Crippen LogP contribution < -0.4 is 13.8 Å². The first-order valence-electron chi connectivity index (χ1n) is 9.20. The van der Waals surface area contributed by atoms with Crippen molar-refractivity contribution in [2.24, 2.45) is 0 Å². The van der Waals surface area contributed by atoms with E-state index < -0.39 is 10.3 Å². The van der Waals surface area contributed by atoms with E-state index in [1.807, 2.05) is 13.8 Å². The molecule has 0 fully saturated rings. The summed E-state index contributed by atoms with van der Waals surface area (Å²) in [7, 11) is -3.40. The normalized spacial score (nSPS) is 11.5. The second kappa shape index (κ2) is 9.04. The number of benzene rings is 1. The molecule has 0 aliphatic heterocycles. The molecular weight excluding hydrogens is 444 g/mol. The molecule has 0 saturated carbocycles. The van der Waals surface area contributed by atoms with Crippen LogP contribution in [0.5, 0.6) is 17.2 Å². The number of hydrogen-bond acceptors (Lipinski definition) is 7. The van der Waals surface area contributed by atoms with Gasteiger partial charge in [-0.25, -0.2) is 15.0 Å². The van der Waals surface area contributed by atoms with Crippen LogP contribution in [-0.4, -0.2) is 35.0 Å². The fraction of sp³-hybridized carbons (Fsp3) is 0.250. The molecule has 0 aliphatic rings. The minimum Gasteiger partial charge on any atom is -0.493 e. The maximum atomic E-state index is 12.4. The van der Waals surface area contributed by atoms with Gasteiger partial charge < -0.3 is 9.47 Å². The molecular formula is C20H21ClN4O5S. The van der Waals surface area contributed by atoms with Gasteiger partial charge in [0.05, 0.1) is 7.11 Å². The first-order valence-corrected chi connectivity index (χ1v) is 11.0. The average molecular weight is 465 g/mol. The minimum atomic E-state index is -4.86. The highest BCUT2D eigenvalue weighted by molar-refractivity contribution is 7.87. The molecule has 31 heavy (non-hydrogen) atoms. The standard InChI is InChI=1S/C20H21ClN4O5S/c1-12(2)14-9-10-17(22-11-14)25(31(26,27)28)20-18(19(21)23-13(3)24-20)30-16-8-6-5-7-15(16)29-4/h5-12H,1-4H3,(H,26,27,28). The van der Waals surface area contributed by atoms with Gasteiger partial charge in [-0.15, -0.1) is 0 Å². The van der Waals surface area contributed by atoms with Crippen LogP contribution in [0.2, 0.25) is 5.15 Å². The second-order valence-electron chi connectivity index (χ2n) is 6.81. The number of aryl methyl sites for hydroxylation is 1. The highest BCUT2D eigenvalue weighted by Crippen LogP contribution is 2.42. The van der Waals surface area contributed by atoms with Crippen molar-refractivity contribution >= 4 is 33.5 Å². The number of hydrogen-bond donors (Lipinski definition) is 1. The fourth-order valence-electron chi connectivity index (χ4n) is 2.75. The van der Waals surface area contributed by atoms with Gasteiger partial charge in [0.1, 0.15) is 5.82 Å². The first-order chi connectivity index (χ1) is 14.6. The Labute approximate surface area is 185 Å². The molecule has 0 atom stereocenters. The third-order valence-electron chi connectivity index (χ3n) is 4.27. The molecule has 11 heteroatoms. The molecule has 1 aromatic carbocycles. The summed E-state index contributed by atoms with van der Waals surface area (Å²) in [5.41, 5.74) is 0.890. The van der Waals surface area contributed by atoms with Gasteiger partial charge in [0.15, 0.2) is 28.3 Å². The Morgan fingerprint density at radius 1 is 1.10 bits per heavy atom. The van der Waals surface area contributed by atoms with Crippen molar-refractivity contribution in [1.82, 2.24) is 15.0 Å². The molecule has 3 aromatic rings. The lowest BCUT2D eigenvalue weighted by molar-refractivity contribution is 0.378. The van der Waals surface area contributed by atoms with Gasteiger partial charge in [0, 0.05) is 6.20 Å². The SMILES string of the molecule is COc1ccccc1Oc1c(Cl)nc(C)nc1N(c1ccc(C(C)C)cn1)S(=O)(=O)O. The summed E-state index contributed by atoms with van der Waals surface area (Å²) in [5, 5.41) is -0.152. The third-order valence-corrected chi connectivity index (χ3v) is 5.35. The van der Waals surface area contributed by atoms with Crippen molar-refractivity contribution in [2.75, 3.05) is 11.4 Å². The zero-order valence-electron chi connectivity index (χ0n) is 17.3. The Hall–Kier alpha value is -2.95. The van der Waals surface area contributed by atoms with E-state index in [1.54, 1.807) is 30.3 Å². The van der Waals surface area contributed by atoms with Gasteiger partial charge >= 0.3 is 10.3 Å². The van der Waals surface area contributed by atoms with Crippen LogP contribution in [-0.2, 0) is 10.3 Å². The van der Waals surface area contributed by atoms with Gasteiger partial charge in [-0.05, 0) is 36.6 Å². The van der Waals surface area contributed by atoms with Crippen molar-refractivity contribution in [3.05, 3.63) is 59.1 Å². The lowest BCUT2D eigenvalue weighted by Crippen LogP contribution is -2.28. The number of methoxy groups -OCH3 is 1. The van der Waals surface area contributed by atoms with E-state index in [4.69, 9.17) is 21.1 Å². The van der Waals surface area contributed by atoms with Gasteiger partial charge in [0.25, 0.3) is 0 Å². The number of rotatable bonds is 7. The molecule has 1 N–H and O–H groups in total. The molecule has 3 rings (SSSR count). The number of halogens is 1. The maximum Gasteiger partial charge on any atom is 0.367 e. The fourth-order valence-corrected chi connectivity index (χ4v) is 3.68. The molecule has 2 aromatic heterocycles. The molecule has 9 nitrogen and oxygen atoms in total. The van der Waals surface area contributed by atoms with Gasteiger partial charge in [0.2, 0.25) is 5.75 Å². The van der Waals surface area contributed by atoms with Crippen LogP contribution in [0.25, 0.3) is 0 Å². The van der Waals surface area contributed by atoms with Crippen LogP contribution >= 0.6 is 11.6 Å². The molecule has 0 spiro atoms. The summed E-state index contributed by atoms with van der Waals surface area (Å²) in [5.74, 6) is 0.397. The summed E-state index contributed by atoms with van der Waals surface area (Å²) in [6, 6.07) is 9.87. The molecule has 164 valence electrons. The number of para-hydroxylation sites is 2. The number of ether oxygens (including phenoxy) is 2. The second-order valence-corrected chi connectivity index (χ2v) is 8.43. The summed E-state index contributed by atoms with van der Waals surface area (Å²) in [6.07, 6.45) is 1.52. The third kappa shape index (κ3) is 5.04. The molecule has 0 saturated heterocycles. The van der Waals surface area contributed by atoms with E-state index in [9.17, 15) is 13.0 Å². The Bertz CT molecular complexity index is 1190. The summed E-state index contributed by atoms with van der Waals surface area (Å²) in [4.78, 5) is 12.4. The predicted molar refractivity (Wildman–Crippen MR) is 117 cm³/mol. The zero-order chi connectivity index (χ0) is 22.8. The molecule has 2 heterocycles. The summed E-state index contributed by atoms with van der Waals surface area (Å²) < 4.78 is 46.4. The van der Waals surface area contributed by atoms with Crippen LogP contribution in [0.4, 0.5) is 11.6 Å². The number of aromatic nitrogens is 3. The van der Waals surface area contributed by atoms with Gasteiger partial charge in [-0.1, -0.05) is 43.6 Å². The quantitative estimate of drug-likeness (QED) is 0.395.